The molecule has 182 valence electrons. The molecule has 1 N–H and O–H groups in total. The third kappa shape index (κ3) is 4.89. The molecule has 1 aliphatic heterocycles. The molecule has 1 heterocycles. The number of hydrogen-bond donors (Lipinski definition) is 1. The summed E-state index contributed by atoms with van der Waals surface area (Å²) in [6, 6.07) is 11.6. The summed E-state index contributed by atoms with van der Waals surface area (Å²) < 4.78 is 57.4. The molecule has 4 rings (SSSR count). The maximum absolute atomic E-state index is 14.8. The number of hydrogen-bond acceptors (Lipinski definition) is 2. The van der Waals surface area contributed by atoms with Crippen LogP contribution in [-0.2, 0) is 0 Å². The third-order valence-electron chi connectivity index (χ3n) is 6.13. The highest BCUT2D eigenvalue weighted by Crippen LogP contribution is 2.44. The quantitative estimate of drug-likeness (QED) is 0.392. The van der Waals surface area contributed by atoms with Gasteiger partial charge in [-0.2, -0.15) is 0 Å². The summed E-state index contributed by atoms with van der Waals surface area (Å²) in [5, 5.41) is 2.19. The van der Waals surface area contributed by atoms with Crippen molar-refractivity contribution in [3.63, 3.8) is 0 Å². The topological polar surface area (TPSA) is 49.4 Å². The number of aryl methyl sites for hydroxylation is 1. The van der Waals surface area contributed by atoms with Crippen molar-refractivity contribution in [1.29, 1.82) is 0 Å². The van der Waals surface area contributed by atoms with Crippen molar-refractivity contribution in [3.8, 4) is 0 Å². The van der Waals surface area contributed by atoms with Crippen LogP contribution in [0.2, 0.25) is 5.02 Å². The standard InChI is InChI=1S/C26H21ClF4N2O2/c1-14-3-8-23-19(11-14)15(2)26(30,31)9-10-33(23)25(35)16-4-7-22(21(29)12-16)32-24(34)18-6-5-17(28)13-20(18)27/h3-8,11-13,15H,9-10H2,1-2H3,(H,32,34)/t15-/m1/s1. The highest BCUT2D eigenvalue weighted by molar-refractivity contribution is 6.34. The average Bonchev–Trinajstić information content (AvgIpc) is 2.89. The molecule has 1 atom stereocenters. The summed E-state index contributed by atoms with van der Waals surface area (Å²) >= 11 is 5.88. The Hall–Kier alpha value is -3.39. The normalized spacial score (nSPS) is 16.9. The molecule has 0 aliphatic carbocycles. The molecule has 0 bridgehead atoms. The Morgan fingerprint density at radius 1 is 1.06 bits per heavy atom. The van der Waals surface area contributed by atoms with Gasteiger partial charge in [-0.15, -0.1) is 0 Å². The summed E-state index contributed by atoms with van der Waals surface area (Å²) in [5.41, 5.74) is 1.14. The van der Waals surface area contributed by atoms with Crippen molar-refractivity contribution in [2.75, 3.05) is 16.8 Å². The van der Waals surface area contributed by atoms with Crippen molar-refractivity contribution < 1.29 is 27.2 Å². The lowest BCUT2D eigenvalue weighted by Gasteiger charge is -2.24. The molecule has 4 nitrogen and oxygen atoms in total. The Bertz CT molecular complexity index is 1330. The van der Waals surface area contributed by atoms with Crippen molar-refractivity contribution in [2.45, 2.75) is 32.1 Å². The van der Waals surface area contributed by atoms with E-state index in [1.54, 1.807) is 25.1 Å². The zero-order valence-electron chi connectivity index (χ0n) is 18.8. The van der Waals surface area contributed by atoms with E-state index in [2.05, 4.69) is 5.32 Å². The molecule has 1 aliphatic rings. The molecule has 2 amide bonds. The van der Waals surface area contributed by atoms with Gasteiger partial charge in [-0.25, -0.2) is 17.6 Å². The van der Waals surface area contributed by atoms with E-state index in [1.165, 1.54) is 24.0 Å². The first-order valence-corrected chi connectivity index (χ1v) is 11.2. The molecule has 9 heteroatoms. The van der Waals surface area contributed by atoms with Gasteiger partial charge >= 0.3 is 0 Å². The lowest BCUT2D eigenvalue weighted by Crippen LogP contribution is -2.33. The molecule has 0 unspecified atom stereocenters. The van der Waals surface area contributed by atoms with Crippen LogP contribution in [0.4, 0.5) is 28.9 Å². The Balaban J connectivity index is 1.61. The Kier molecular flexibility index (Phi) is 6.60. The fraction of sp³-hybridized carbons (Fsp3) is 0.231. The molecular weight excluding hydrogens is 484 g/mol. The van der Waals surface area contributed by atoms with Crippen molar-refractivity contribution in [1.82, 2.24) is 0 Å². The van der Waals surface area contributed by atoms with Gasteiger partial charge in [0.15, 0.2) is 0 Å². The fourth-order valence-electron chi connectivity index (χ4n) is 4.07. The number of carbonyl (C=O) groups is 2. The zero-order valence-corrected chi connectivity index (χ0v) is 19.6. The summed E-state index contributed by atoms with van der Waals surface area (Å²) in [7, 11) is 0. The van der Waals surface area contributed by atoms with E-state index in [4.69, 9.17) is 11.6 Å². The molecule has 3 aromatic rings. The van der Waals surface area contributed by atoms with Gasteiger partial charge in [-0.3, -0.25) is 9.59 Å². The van der Waals surface area contributed by atoms with E-state index in [0.29, 0.717) is 11.3 Å². The Morgan fingerprint density at radius 3 is 2.49 bits per heavy atom. The van der Waals surface area contributed by atoms with Gasteiger partial charge in [0.25, 0.3) is 17.7 Å². The van der Waals surface area contributed by atoms with Gasteiger partial charge in [0.05, 0.1) is 16.3 Å². The number of benzene rings is 3. The summed E-state index contributed by atoms with van der Waals surface area (Å²) in [5.74, 6) is -7.04. The fourth-order valence-corrected chi connectivity index (χ4v) is 4.32. The number of rotatable bonds is 3. The van der Waals surface area contributed by atoms with Gasteiger partial charge in [0, 0.05) is 30.1 Å². The van der Waals surface area contributed by atoms with Crippen LogP contribution in [0.5, 0.6) is 0 Å². The molecule has 0 saturated heterocycles. The van der Waals surface area contributed by atoms with Gasteiger partial charge in [0.1, 0.15) is 11.6 Å². The van der Waals surface area contributed by atoms with Crippen LogP contribution in [-0.4, -0.2) is 24.3 Å². The number of halogens is 5. The largest absolute Gasteiger partial charge is 0.319 e. The molecule has 3 aromatic carbocycles. The van der Waals surface area contributed by atoms with E-state index >= 15 is 0 Å². The van der Waals surface area contributed by atoms with Crippen LogP contribution < -0.4 is 10.2 Å². The van der Waals surface area contributed by atoms with Crippen molar-refractivity contribution in [2.24, 2.45) is 0 Å². The number of fused-ring (bicyclic) bond motifs is 1. The van der Waals surface area contributed by atoms with Crippen LogP contribution in [0, 0.1) is 18.6 Å². The van der Waals surface area contributed by atoms with E-state index in [-0.39, 0.29) is 28.4 Å². The number of anilines is 2. The summed E-state index contributed by atoms with van der Waals surface area (Å²) in [4.78, 5) is 26.9. The third-order valence-corrected chi connectivity index (χ3v) is 6.44. The SMILES string of the molecule is Cc1ccc2c(c1)[C@@H](C)C(F)(F)CCN2C(=O)c1ccc(NC(=O)c2ccc(F)cc2Cl)c(F)c1. The van der Waals surface area contributed by atoms with Crippen LogP contribution in [0.25, 0.3) is 0 Å². The Morgan fingerprint density at radius 2 is 1.80 bits per heavy atom. The molecule has 0 fully saturated rings. The number of alkyl halides is 2. The average molecular weight is 505 g/mol. The maximum Gasteiger partial charge on any atom is 0.258 e. The predicted octanol–water partition coefficient (Wildman–Crippen LogP) is 6.97. The smallest absolute Gasteiger partial charge is 0.258 e. The first kappa shape index (κ1) is 24.7. The van der Waals surface area contributed by atoms with Gasteiger partial charge in [0.2, 0.25) is 0 Å². The molecule has 0 spiro atoms. The molecule has 35 heavy (non-hydrogen) atoms. The second kappa shape index (κ2) is 9.34. The highest BCUT2D eigenvalue weighted by Gasteiger charge is 2.42. The molecule has 0 aromatic heterocycles. The lowest BCUT2D eigenvalue weighted by atomic mass is 9.91. The number of nitrogens with one attached hydrogen (secondary N) is 1. The van der Waals surface area contributed by atoms with Gasteiger partial charge < -0.3 is 10.2 Å². The monoisotopic (exact) mass is 504 g/mol. The van der Waals surface area contributed by atoms with E-state index in [1.807, 2.05) is 0 Å². The number of nitrogens with zero attached hydrogens (tertiary/aromatic N) is 1. The second-order valence-corrected chi connectivity index (χ2v) is 8.93. The second-order valence-electron chi connectivity index (χ2n) is 8.52. The van der Waals surface area contributed by atoms with Crippen LogP contribution in [0.1, 0.15) is 51.1 Å². The first-order valence-electron chi connectivity index (χ1n) is 10.8. The molecule has 0 radical (unpaired) electrons. The minimum Gasteiger partial charge on any atom is -0.319 e. The minimum atomic E-state index is -3.02. The van der Waals surface area contributed by atoms with Crippen LogP contribution in [0.15, 0.2) is 54.6 Å². The predicted molar refractivity (Wildman–Crippen MR) is 127 cm³/mol. The highest BCUT2D eigenvalue weighted by atomic mass is 35.5. The van der Waals surface area contributed by atoms with Gasteiger partial charge in [-0.1, -0.05) is 36.2 Å². The first-order chi connectivity index (χ1) is 16.5. The minimum absolute atomic E-state index is 0.0564. The molecule has 0 saturated carbocycles. The number of amides is 2. The maximum atomic E-state index is 14.8. The molecular formula is C26H21ClF4N2O2. The van der Waals surface area contributed by atoms with Crippen LogP contribution >= 0.6 is 11.6 Å². The van der Waals surface area contributed by atoms with Crippen molar-refractivity contribution in [3.05, 3.63) is 93.5 Å². The number of carbonyl (C=O) groups excluding carboxylic acids is 2. The van der Waals surface area contributed by atoms with Gasteiger partial charge in [-0.05, 0) is 55.0 Å². The van der Waals surface area contributed by atoms with E-state index in [0.717, 1.165) is 29.8 Å². The van der Waals surface area contributed by atoms with Crippen LogP contribution in [0.3, 0.4) is 0 Å². The van der Waals surface area contributed by atoms with E-state index < -0.39 is 41.7 Å². The Labute approximate surface area is 204 Å². The summed E-state index contributed by atoms with van der Waals surface area (Å²) in [6.45, 7) is 2.97. The van der Waals surface area contributed by atoms with E-state index in [9.17, 15) is 27.2 Å². The summed E-state index contributed by atoms with van der Waals surface area (Å²) in [6.07, 6.45) is -0.539. The van der Waals surface area contributed by atoms with Crippen molar-refractivity contribution >= 4 is 34.8 Å². The zero-order chi connectivity index (χ0) is 25.5. The lowest BCUT2D eigenvalue weighted by molar-refractivity contribution is -0.0260.